The van der Waals surface area contributed by atoms with Gasteiger partial charge < -0.3 is 14.4 Å². The summed E-state index contributed by atoms with van der Waals surface area (Å²) in [6.45, 7) is 0.0320. The third kappa shape index (κ3) is 1.87. The summed E-state index contributed by atoms with van der Waals surface area (Å²) in [6.07, 6.45) is 1.92. The lowest BCUT2D eigenvalue weighted by Crippen LogP contribution is -1.98. The van der Waals surface area contributed by atoms with E-state index in [2.05, 4.69) is 0 Å². The van der Waals surface area contributed by atoms with Crippen molar-refractivity contribution in [1.29, 1.82) is 0 Å². The summed E-state index contributed by atoms with van der Waals surface area (Å²) in [5, 5.41) is 9.14. The van der Waals surface area contributed by atoms with Crippen LogP contribution in [0.25, 0.3) is 5.69 Å². The lowest BCUT2D eigenvalue weighted by Gasteiger charge is -2.08. The van der Waals surface area contributed by atoms with Crippen LogP contribution < -0.4 is 4.74 Å². The van der Waals surface area contributed by atoms with Crippen LogP contribution in [0.15, 0.2) is 42.6 Å². The molecule has 0 saturated carbocycles. The highest BCUT2D eigenvalue weighted by Crippen LogP contribution is 2.18. The van der Waals surface area contributed by atoms with Gasteiger partial charge in [-0.2, -0.15) is 0 Å². The molecule has 78 valence electrons. The molecule has 15 heavy (non-hydrogen) atoms. The summed E-state index contributed by atoms with van der Waals surface area (Å²) in [5.74, 6) is 0.810. The van der Waals surface area contributed by atoms with Crippen molar-refractivity contribution in [2.75, 3.05) is 7.11 Å². The zero-order chi connectivity index (χ0) is 10.7. The number of hydrogen-bond acceptors (Lipinski definition) is 2. The average molecular weight is 203 g/mol. The number of benzene rings is 1. The topological polar surface area (TPSA) is 34.4 Å². The Labute approximate surface area is 88.5 Å². The second-order valence-electron chi connectivity index (χ2n) is 3.23. The lowest BCUT2D eigenvalue weighted by molar-refractivity contribution is 0.274. The average Bonchev–Trinajstić information content (AvgIpc) is 2.77. The summed E-state index contributed by atoms with van der Waals surface area (Å²) < 4.78 is 7.08. The van der Waals surface area contributed by atoms with Crippen LogP contribution in [0.4, 0.5) is 0 Å². The Morgan fingerprint density at radius 3 is 2.87 bits per heavy atom. The van der Waals surface area contributed by atoms with E-state index in [9.17, 15) is 0 Å². The Balaban J connectivity index is 2.44. The number of methoxy groups -OCH3 is 1. The zero-order valence-electron chi connectivity index (χ0n) is 8.55. The number of hydrogen-bond donors (Lipinski definition) is 1. The predicted molar refractivity (Wildman–Crippen MR) is 58.2 cm³/mol. The van der Waals surface area contributed by atoms with Gasteiger partial charge in [0.25, 0.3) is 0 Å². The van der Waals surface area contributed by atoms with Crippen molar-refractivity contribution < 1.29 is 9.84 Å². The third-order valence-electron chi connectivity index (χ3n) is 2.33. The molecule has 0 amide bonds. The van der Waals surface area contributed by atoms with E-state index in [4.69, 9.17) is 9.84 Å². The summed E-state index contributed by atoms with van der Waals surface area (Å²) >= 11 is 0. The highest BCUT2D eigenvalue weighted by Gasteiger charge is 2.02. The highest BCUT2D eigenvalue weighted by molar-refractivity contribution is 5.41. The molecule has 2 rings (SSSR count). The number of nitrogens with zero attached hydrogens (tertiary/aromatic N) is 1. The Morgan fingerprint density at radius 1 is 1.27 bits per heavy atom. The number of aliphatic hydroxyl groups excluding tert-OH is 1. The number of ether oxygens (including phenoxy) is 1. The van der Waals surface area contributed by atoms with Gasteiger partial charge >= 0.3 is 0 Å². The molecule has 0 fully saturated rings. The Morgan fingerprint density at radius 2 is 2.13 bits per heavy atom. The standard InChI is InChI=1S/C12H13NO2/c1-15-12-6-2-4-10(8-12)13-7-3-5-11(13)9-14/h2-8,14H,9H2,1H3. The van der Waals surface area contributed by atoms with E-state index in [1.807, 2.05) is 47.2 Å². The van der Waals surface area contributed by atoms with Gasteiger partial charge in [-0.25, -0.2) is 0 Å². The van der Waals surface area contributed by atoms with Crippen molar-refractivity contribution in [2.24, 2.45) is 0 Å². The molecule has 0 saturated heterocycles. The summed E-state index contributed by atoms with van der Waals surface area (Å²) in [6, 6.07) is 11.5. The molecule has 1 aromatic carbocycles. The number of aliphatic hydroxyl groups is 1. The van der Waals surface area contributed by atoms with Gasteiger partial charge in [-0.15, -0.1) is 0 Å². The first kappa shape index (κ1) is 9.80. The van der Waals surface area contributed by atoms with Crippen LogP contribution in [0.3, 0.4) is 0 Å². The summed E-state index contributed by atoms with van der Waals surface area (Å²) in [4.78, 5) is 0. The largest absolute Gasteiger partial charge is 0.497 e. The Hall–Kier alpha value is -1.74. The summed E-state index contributed by atoms with van der Waals surface area (Å²) in [5.41, 5.74) is 1.85. The molecule has 0 aliphatic rings. The van der Waals surface area contributed by atoms with Crippen LogP contribution >= 0.6 is 0 Å². The van der Waals surface area contributed by atoms with Crippen LogP contribution in [-0.4, -0.2) is 16.8 Å². The van der Waals surface area contributed by atoms with E-state index in [1.54, 1.807) is 7.11 Å². The fraction of sp³-hybridized carbons (Fsp3) is 0.167. The van der Waals surface area contributed by atoms with Crippen molar-refractivity contribution in [2.45, 2.75) is 6.61 Å². The van der Waals surface area contributed by atoms with Gasteiger partial charge in [0, 0.05) is 23.6 Å². The van der Waals surface area contributed by atoms with Gasteiger partial charge in [0.2, 0.25) is 0 Å². The van der Waals surface area contributed by atoms with E-state index >= 15 is 0 Å². The normalized spacial score (nSPS) is 10.3. The van der Waals surface area contributed by atoms with Crippen molar-refractivity contribution in [3.63, 3.8) is 0 Å². The zero-order valence-corrected chi connectivity index (χ0v) is 8.55. The van der Waals surface area contributed by atoms with Crippen molar-refractivity contribution >= 4 is 0 Å². The maximum atomic E-state index is 9.14. The molecule has 0 radical (unpaired) electrons. The molecule has 0 spiro atoms. The minimum atomic E-state index is 0.0320. The lowest BCUT2D eigenvalue weighted by atomic mass is 10.3. The fourth-order valence-electron chi connectivity index (χ4n) is 1.56. The molecule has 1 N–H and O–H groups in total. The highest BCUT2D eigenvalue weighted by atomic mass is 16.5. The van der Waals surface area contributed by atoms with Gasteiger partial charge in [0.15, 0.2) is 0 Å². The summed E-state index contributed by atoms with van der Waals surface area (Å²) in [7, 11) is 1.64. The monoisotopic (exact) mass is 203 g/mol. The maximum absolute atomic E-state index is 9.14. The van der Waals surface area contributed by atoms with E-state index in [0.717, 1.165) is 17.1 Å². The Bertz CT molecular complexity index is 448. The maximum Gasteiger partial charge on any atom is 0.120 e. The van der Waals surface area contributed by atoms with Crippen LogP contribution in [-0.2, 0) is 6.61 Å². The molecule has 2 aromatic rings. The molecule has 0 aliphatic carbocycles. The van der Waals surface area contributed by atoms with Crippen molar-refractivity contribution in [1.82, 2.24) is 4.57 Å². The van der Waals surface area contributed by atoms with Crippen LogP contribution in [0.2, 0.25) is 0 Å². The Kier molecular flexibility index (Phi) is 2.74. The second kappa shape index (κ2) is 4.19. The van der Waals surface area contributed by atoms with Crippen LogP contribution in [0.5, 0.6) is 5.75 Å². The fourth-order valence-corrected chi connectivity index (χ4v) is 1.56. The minimum absolute atomic E-state index is 0.0320. The van der Waals surface area contributed by atoms with Crippen molar-refractivity contribution in [3.05, 3.63) is 48.3 Å². The third-order valence-corrected chi connectivity index (χ3v) is 2.33. The molecule has 3 nitrogen and oxygen atoms in total. The minimum Gasteiger partial charge on any atom is -0.497 e. The predicted octanol–water partition coefficient (Wildman–Crippen LogP) is 1.98. The van der Waals surface area contributed by atoms with Gasteiger partial charge in [-0.05, 0) is 24.3 Å². The van der Waals surface area contributed by atoms with Crippen LogP contribution in [0.1, 0.15) is 5.69 Å². The molecule has 0 bridgehead atoms. The van der Waals surface area contributed by atoms with E-state index in [0.29, 0.717) is 0 Å². The number of rotatable bonds is 3. The SMILES string of the molecule is COc1cccc(-n2cccc2CO)c1. The number of aromatic nitrogens is 1. The molecule has 0 atom stereocenters. The van der Waals surface area contributed by atoms with E-state index in [1.165, 1.54) is 0 Å². The van der Waals surface area contributed by atoms with E-state index < -0.39 is 0 Å². The van der Waals surface area contributed by atoms with Gasteiger partial charge in [0.05, 0.1) is 13.7 Å². The van der Waals surface area contributed by atoms with E-state index in [-0.39, 0.29) is 6.61 Å². The smallest absolute Gasteiger partial charge is 0.120 e. The molecule has 0 unspecified atom stereocenters. The quantitative estimate of drug-likeness (QED) is 0.827. The van der Waals surface area contributed by atoms with Gasteiger partial charge in [-0.1, -0.05) is 6.07 Å². The molecule has 1 aromatic heterocycles. The molecule has 0 aliphatic heterocycles. The first-order chi connectivity index (χ1) is 7.35. The first-order valence-corrected chi connectivity index (χ1v) is 4.76. The van der Waals surface area contributed by atoms with Gasteiger partial charge in [-0.3, -0.25) is 0 Å². The first-order valence-electron chi connectivity index (χ1n) is 4.76. The van der Waals surface area contributed by atoms with Gasteiger partial charge in [0.1, 0.15) is 5.75 Å². The van der Waals surface area contributed by atoms with Crippen LogP contribution in [0, 0.1) is 0 Å². The molecule has 3 heteroatoms. The van der Waals surface area contributed by atoms with Crippen molar-refractivity contribution in [3.8, 4) is 11.4 Å². The molecular weight excluding hydrogens is 190 g/mol. The molecule has 1 heterocycles. The molecular formula is C12H13NO2. The second-order valence-corrected chi connectivity index (χ2v) is 3.23.